The second-order valence-corrected chi connectivity index (χ2v) is 17.3. The minimum atomic E-state index is -1.33. The molecule has 0 amide bonds. The van der Waals surface area contributed by atoms with Gasteiger partial charge in [0.15, 0.2) is 24.1 Å². The number of carbonyl (C=O) groups excluding carboxylic acids is 3. The van der Waals surface area contributed by atoms with Gasteiger partial charge in [0, 0.05) is 38.5 Å². The number of hydrogen-bond acceptors (Lipinski definition) is 18. The Bertz CT molecular complexity index is 1670. The van der Waals surface area contributed by atoms with Crippen LogP contribution in [-0.4, -0.2) is 179 Å². The minimum absolute atomic E-state index is 0.000522. The molecule has 0 saturated carbocycles. The number of allylic oxidation sites excluding steroid dienone is 3. The van der Waals surface area contributed by atoms with E-state index in [1.165, 1.54) is 31.2 Å². The molecule has 63 heavy (non-hydrogen) atoms. The van der Waals surface area contributed by atoms with Crippen molar-refractivity contribution < 1.29 is 72.7 Å². The SMILES string of the molecule is CCOC(=O)c1cn(CC[C@H]2C[C@@H](C)C(=O)C=CC(C)=C[C@H](CO[C@@H]3OC(C)[C@@H](O)[C@H](OC)C3OC)[C@@H](CC)OC(=O)C[C@@H](O)[C@H](C)[C@H]2O[C@@H]2O[C@H](C)[C@@H](O)C(N(C)C)C2O)nn1. The monoisotopic (exact) mass is 896 g/mol. The van der Waals surface area contributed by atoms with Gasteiger partial charge in [0.1, 0.15) is 30.5 Å². The maximum atomic E-state index is 13.9. The second kappa shape index (κ2) is 24.4. The summed E-state index contributed by atoms with van der Waals surface area (Å²) >= 11 is 0. The molecule has 0 aliphatic carbocycles. The second-order valence-electron chi connectivity index (χ2n) is 17.3. The van der Waals surface area contributed by atoms with Crippen molar-refractivity contribution in [1.82, 2.24) is 19.9 Å². The molecule has 0 aromatic carbocycles. The molecule has 358 valence electrons. The standard InChI is InChI=1S/C44H72N4O15/c1-12-33-29(22-59-44-41(57-11)40(56-10)37(53)27(7)61-44)18-23(3)14-15-31(49)24(4)19-28(16-17-48-21-30(45-46-48)42(55)58-13-2)39(25(5)32(50)20-34(51)62-33)63-43-38(54)35(47(8)9)36(52)26(6)60-43/h14-15,18,21,24-29,32-33,35-41,43-44,50,52-54H,12-13,16-17,19-20,22H2,1-11H3/t24-,25+,26-,27?,28+,29-,32-,33-,35?,36-,37-,38?,39-,40+,41?,43+,44-/m1/s1. The summed E-state index contributed by atoms with van der Waals surface area (Å²) in [5.74, 6) is -3.94. The number of aryl methyl sites for hydroxylation is 1. The van der Waals surface area contributed by atoms with Crippen LogP contribution in [0.2, 0.25) is 0 Å². The molecule has 17 atom stereocenters. The number of cyclic esters (lactones) is 1. The largest absolute Gasteiger partial charge is 0.462 e. The third-order valence-corrected chi connectivity index (χ3v) is 12.5. The van der Waals surface area contributed by atoms with Crippen LogP contribution in [0.15, 0.2) is 30.0 Å². The van der Waals surface area contributed by atoms with E-state index in [9.17, 15) is 34.8 Å². The lowest BCUT2D eigenvalue weighted by molar-refractivity contribution is -0.304. The summed E-state index contributed by atoms with van der Waals surface area (Å²) < 4.78 is 48.8. The summed E-state index contributed by atoms with van der Waals surface area (Å²) in [5.41, 5.74) is 0.722. The molecule has 19 heteroatoms. The molecule has 0 bridgehead atoms. The summed E-state index contributed by atoms with van der Waals surface area (Å²) in [6.07, 6.45) is -4.40. The zero-order chi connectivity index (χ0) is 46.7. The Hall–Kier alpha value is -3.21. The smallest absolute Gasteiger partial charge is 0.360 e. The molecule has 3 aliphatic heterocycles. The fourth-order valence-corrected chi connectivity index (χ4v) is 8.69. The van der Waals surface area contributed by atoms with Crippen LogP contribution >= 0.6 is 0 Å². The van der Waals surface area contributed by atoms with E-state index in [-0.39, 0.29) is 37.7 Å². The Labute approximate surface area is 370 Å². The van der Waals surface area contributed by atoms with Gasteiger partial charge in [-0.2, -0.15) is 0 Å². The van der Waals surface area contributed by atoms with Crippen molar-refractivity contribution >= 4 is 17.7 Å². The minimum Gasteiger partial charge on any atom is -0.462 e. The molecule has 0 radical (unpaired) electrons. The lowest BCUT2D eigenvalue weighted by atomic mass is 9.79. The van der Waals surface area contributed by atoms with Crippen molar-refractivity contribution in [2.45, 2.75) is 160 Å². The van der Waals surface area contributed by atoms with Crippen LogP contribution in [0.5, 0.6) is 0 Å². The first-order valence-electron chi connectivity index (χ1n) is 22.0. The molecule has 4 rings (SSSR count). The van der Waals surface area contributed by atoms with Gasteiger partial charge in [0.2, 0.25) is 0 Å². The number of ketones is 1. The van der Waals surface area contributed by atoms with E-state index in [1.54, 1.807) is 59.7 Å². The number of hydrogen-bond donors (Lipinski definition) is 4. The van der Waals surface area contributed by atoms with Crippen molar-refractivity contribution in [3.63, 3.8) is 0 Å². The highest BCUT2D eigenvalue weighted by Crippen LogP contribution is 2.35. The number of ether oxygens (including phenoxy) is 8. The fourth-order valence-electron chi connectivity index (χ4n) is 8.69. The van der Waals surface area contributed by atoms with Crippen molar-refractivity contribution in [2.24, 2.45) is 23.7 Å². The molecule has 4 unspecified atom stereocenters. The third-order valence-electron chi connectivity index (χ3n) is 12.5. The zero-order valence-corrected chi connectivity index (χ0v) is 38.6. The van der Waals surface area contributed by atoms with Gasteiger partial charge >= 0.3 is 11.9 Å². The van der Waals surface area contributed by atoms with Gasteiger partial charge in [0.05, 0.1) is 62.4 Å². The van der Waals surface area contributed by atoms with Crippen molar-refractivity contribution in [1.29, 1.82) is 0 Å². The lowest BCUT2D eigenvalue weighted by Gasteiger charge is -2.46. The number of carbonyl (C=O) groups is 3. The number of rotatable bonds is 14. The van der Waals surface area contributed by atoms with Crippen LogP contribution in [0.1, 0.15) is 84.6 Å². The fraction of sp³-hybridized carbons (Fsp3) is 0.795. The average Bonchev–Trinajstić information content (AvgIpc) is 3.72. The van der Waals surface area contributed by atoms with Gasteiger partial charge in [-0.3, -0.25) is 14.3 Å². The van der Waals surface area contributed by atoms with E-state index < -0.39 is 122 Å². The summed E-state index contributed by atoms with van der Waals surface area (Å²) in [6.45, 7) is 12.6. The highest BCUT2D eigenvalue weighted by Gasteiger charge is 2.48. The summed E-state index contributed by atoms with van der Waals surface area (Å²) in [4.78, 5) is 41.8. The molecule has 3 aliphatic rings. The van der Waals surface area contributed by atoms with E-state index in [2.05, 4.69) is 10.3 Å². The topological polar surface area (TPSA) is 240 Å². The Morgan fingerprint density at radius 3 is 2.22 bits per heavy atom. The molecule has 1 aromatic heterocycles. The van der Waals surface area contributed by atoms with E-state index in [1.807, 2.05) is 19.9 Å². The molecule has 19 nitrogen and oxygen atoms in total. The first-order valence-corrected chi connectivity index (χ1v) is 22.0. The van der Waals surface area contributed by atoms with Crippen LogP contribution in [0.4, 0.5) is 0 Å². The number of nitrogens with zero attached hydrogens (tertiary/aromatic N) is 4. The molecule has 1 aromatic rings. The molecule has 2 saturated heterocycles. The van der Waals surface area contributed by atoms with E-state index in [0.29, 0.717) is 18.4 Å². The normalized spacial score (nSPS) is 37.7. The summed E-state index contributed by atoms with van der Waals surface area (Å²) in [5, 5.41) is 53.2. The number of aliphatic hydroxyl groups is 4. The Morgan fingerprint density at radius 2 is 1.59 bits per heavy atom. The van der Waals surface area contributed by atoms with Gasteiger partial charge in [0.25, 0.3) is 0 Å². The molecular weight excluding hydrogens is 824 g/mol. The predicted octanol–water partition coefficient (Wildman–Crippen LogP) is 1.83. The summed E-state index contributed by atoms with van der Waals surface area (Å²) in [6, 6.07) is -0.763. The maximum Gasteiger partial charge on any atom is 0.360 e. The molecule has 4 heterocycles. The van der Waals surface area contributed by atoms with Crippen molar-refractivity contribution in [2.75, 3.05) is 41.5 Å². The molecule has 0 spiro atoms. The highest BCUT2D eigenvalue weighted by molar-refractivity contribution is 5.91. The van der Waals surface area contributed by atoms with Gasteiger partial charge in [-0.1, -0.05) is 43.7 Å². The molecule has 2 fully saturated rings. The van der Waals surface area contributed by atoms with Gasteiger partial charge in [-0.15, -0.1) is 5.10 Å². The van der Waals surface area contributed by atoms with Gasteiger partial charge in [-0.25, -0.2) is 4.79 Å². The first kappa shape index (κ1) is 52.4. The van der Waals surface area contributed by atoms with Gasteiger partial charge in [-0.05, 0) is 73.0 Å². The maximum absolute atomic E-state index is 13.9. The van der Waals surface area contributed by atoms with Crippen LogP contribution in [0.3, 0.4) is 0 Å². The Kier molecular flexibility index (Phi) is 20.3. The average molecular weight is 897 g/mol. The number of likely N-dealkylation sites (N-methyl/N-ethyl adjacent to an activating group) is 1. The number of aliphatic hydroxyl groups excluding tert-OH is 4. The Balaban J connectivity index is 1.70. The predicted molar refractivity (Wildman–Crippen MR) is 226 cm³/mol. The number of methoxy groups -OCH3 is 2. The Morgan fingerprint density at radius 1 is 0.921 bits per heavy atom. The summed E-state index contributed by atoms with van der Waals surface area (Å²) in [7, 11) is 6.38. The molecular formula is C44H72N4O15. The highest BCUT2D eigenvalue weighted by atomic mass is 16.7. The van der Waals surface area contributed by atoms with Crippen molar-refractivity contribution in [3.8, 4) is 0 Å². The van der Waals surface area contributed by atoms with Crippen molar-refractivity contribution in [3.05, 3.63) is 35.7 Å². The van der Waals surface area contributed by atoms with E-state index >= 15 is 0 Å². The first-order chi connectivity index (χ1) is 29.8. The van der Waals surface area contributed by atoms with Crippen LogP contribution in [0.25, 0.3) is 0 Å². The lowest BCUT2D eigenvalue weighted by Crippen LogP contribution is -2.63. The van der Waals surface area contributed by atoms with Crippen LogP contribution in [0, 0.1) is 23.7 Å². The third kappa shape index (κ3) is 13.7. The van der Waals surface area contributed by atoms with Crippen LogP contribution < -0.4 is 0 Å². The quantitative estimate of drug-likeness (QED) is 0.195. The van der Waals surface area contributed by atoms with Gasteiger partial charge < -0.3 is 63.2 Å². The number of esters is 2. The molecule has 4 N–H and O–H groups in total. The van der Waals surface area contributed by atoms with E-state index in [4.69, 9.17) is 37.9 Å². The zero-order valence-electron chi connectivity index (χ0n) is 38.6. The van der Waals surface area contributed by atoms with Crippen LogP contribution in [-0.2, 0) is 54.0 Å². The van der Waals surface area contributed by atoms with E-state index in [0.717, 1.165) is 0 Å². The number of aromatic nitrogens is 3.